The van der Waals surface area contributed by atoms with Gasteiger partial charge in [-0.15, -0.1) is 0 Å². The number of benzene rings is 1. The van der Waals surface area contributed by atoms with Crippen LogP contribution in [-0.4, -0.2) is 10.7 Å². The summed E-state index contributed by atoms with van der Waals surface area (Å²) in [6.07, 6.45) is 4.14. The number of aryl methyl sites for hydroxylation is 1. The van der Waals surface area contributed by atoms with E-state index in [4.69, 9.17) is 0 Å². The Bertz CT molecular complexity index is 652. The highest BCUT2D eigenvalue weighted by Crippen LogP contribution is 2.30. The first-order valence-electron chi connectivity index (χ1n) is 8.27. The number of rotatable bonds is 2. The van der Waals surface area contributed by atoms with Gasteiger partial charge in [0.15, 0.2) is 0 Å². The Labute approximate surface area is 134 Å². The highest BCUT2D eigenvalue weighted by molar-refractivity contribution is 5.87. The first kappa shape index (κ1) is 16.4. The second-order valence-electron chi connectivity index (χ2n) is 5.82. The molecule has 1 aliphatic heterocycles. The number of hydrogen-bond acceptors (Lipinski definition) is 2. The molecule has 2 aromatic rings. The fourth-order valence-corrected chi connectivity index (χ4v) is 2.57. The lowest BCUT2D eigenvalue weighted by molar-refractivity contribution is 0.823. The lowest BCUT2D eigenvalue weighted by atomic mass is 9.97. The summed E-state index contributed by atoms with van der Waals surface area (Å²) in [5.74, 6) is 0.477. The van der Waals surface area contributed by atoms with Crippen molar-refractivity contribution in [3.63, 3.8) is 0 Å². The summed E-state index contributed by atoms with van der Waals surface area (Å²) in [5.41, 5.74) is 7.27. The normalized spacial score (nSPS) is 13.1. The van der Waals surface area contributed by atoms with E-state index in [9.17, 15) is 0 Å². The molecule has 0 spiro atoms. The van der Waals surface area contributed by atoms with Crippen LogP contribution in [0.5, 0.6) is 0 Å². The molecule has 0 bridgehead atoms. The van der Waals surface area contributed by atoms with Crippen LogP contribution in [0.2, 0.25) is 0 Å². The van der Waals surface area contributed by atoms with E-state index in [-0.39, 0.29) is 0 Å². The second-order valence-corrected chi connectivity index (χ2v) is 5.82. The lowest BCUT2D eigenvalue weighted by Crippen LogP contribution is -2.01. The SMILES string of the molecule is CC.CC1=Nc2ccc(-c3ccc(C(C)C)nc3)cc2CC1. The van der Waals surface area contributed by atoms with Crippen molar-refractivity contribution in [3.05, 3.63) is 47.8 Å². The second kappa shape index (κ2) is 7.35. The minimum atomic E-state index is 0.477. The van der Waals surface area contributed by atoms with Crippen LogP contribution in [0.3, 0.4) is 0 Å². The molecule has 0 fully saturated rings. The van der Waals surface area contributed by atoms with E-state index < -0.39 is 0 Å². The predicted molar refractivity (Wildman–Crippen MR) is 96.2 cm³/mol. The smallest absolute Gasteiger partial charge is 0.0661 e. The van der Waals surface area contributed by atoms with Gasteiger partial charge < -0.3 is 0 Å². The van der Waals surface area contributed by atoms with Crippen LogP contribution in [0.4, 0.5) is 5.69 Å². The molecule has 0 unspecified atom stereocenters. The molecule has 2 nitrogen and oxygen atoms in total. The Morgan fingerprint density at radius 1 is 0.955 bits per heavy atom. The Morgan fingerprint density at radius 2 is 1.68 bits per heavy atom. The quantitative estimate of drug-likeness (QED) is 0.673. The maximum absolute atomic E-state index is 4.62. The number of hydrogen-bond donors (Lipinski definition) is 0. The average Bonchev–Trinajstić information content (AvgIpc) is 2.56. The molecule has 1 aromatic heterocycles. The van der Waals surface area contributed by atoms with Crippen molar-refractivity contribution in [3.8, 4) is 11.1 Å². The van der Waals surface area contributed by atoms with Crippen LogP contribution in [-0.2, 0) is 6.42 Å². The van der Waals surface area contributed by atoms with Gasteiger partial charge in [0.1, 0.15) is 0 Å². The average molecular weight is 294 g/mol. The van der Waals surface area contributed by atoms with Crippen LogP contribution in [0, 0.1) is 0 Å². The third-order valence-corrected chi connectivity index (χ3v) is 3.86. The minimum Gasteiger partial charge on any atom is -0.260 e. The first-order valence-corrected chi connectivity index (χ1v) is 8.27. The van der Waals surface area contributed by atoms with Crippen molar-refractivity contribution < 1.29 is 0 Å². The Hall–Kier alpha value is -1.96. The number of nitrogens with zero attached hydrogens (tertiary/aromatic N) is 2. The number of aromatic nitrogens is 1. The molecule has 2 heteroatoms. The Kier molecular flexibility index (Phi) is 5.48. The molecule has 2 heterocycles. The van der Waals surface area contributed by atoms with E-state index in [1.165, 1.54) is 22.4 Å². The minimum absolute atomic E-state index is 0.477. The van der Waals surface area contributed by atoms with E-state index in [0.717, 1.165) is 24.2 Å². The van der Waals surface area contributed by atoms with E-state index in [2.05, 4.69) is 61.1 Å². The van der Waals surface area contributed by atoms with E-state index in [1.807, 2.05) is 20.0 Å². The molecular formula is C20H26N2. The van der Waals surface area contributed by atoms with Gasteiger partial charge in [0, 0.05) is 23.2 Å². The molecule has 0 N–H and O–H groups in total. The molecule has 0 saturated heterocycles. The highest BCUT2D eigenvalue weighted by atomic mass is 14.8. The van der Waals surface area contributed by atoms with Gasteiger partial charge in [0.25, 0.3) is 0 Å². The molecule has 22 heavy (non-hydrogen) atoms. The van der Waals surface area contributed by atoms with Gasteiger partial charge in [-0.2, -0.15) is 0 Å². The van der Waals surface area contributed by atoms with Crippen molar-refractivity contribution in [1.29, 1.82) is 0 Å². The Morgan fingerprint density at radius 3 is 2.32 bits per heavy atom. The van der Waals surface area contributed by atoms with Gasteiger partial charge in [0.2, 0.25) is 0 Å². The summed E-state index contributed by atoms with van der Waals surface area (Å²) < 4.78 is 0. The zero-order chi connectivity index (χ0) is 16.1. The molecule has 0 radical (unpaired) electrons. The van der Waals surface area contributed by atoms with Crippen molar-refractivity contribution in [2.45, 2.75) is 53.4 Å². The Balaban J connectivity index is 0.000000847. The zero-order valence-corrected chi connectivity index (χ0v) is 14.4. The van der Waals surface area contributed by atoms with Crippen LogP contribution in [0.25, 0.3) is 11.1 Å². The van der Waals surface area contributed by atoms with Gasteiger partial charge >= 0.3 is 0 Å². The first-order chi connectivity index (χ1) is 10.6. The van der Waals surface area contributed by atoms with E-state index in [0.29, 0.717) is 5.92 Å². The topological polar surface area (TPSA) is 25.2 Å². The zero-order valence-electron chi connectivity index (χ0n) is 14.4. The molecular weight excluding hydrogens is 268 g/mol. The van der Waals surface area contributed by atoms with Crippen LogP contribution < -0.4 is 0 Å². The largest absolute Gasteiger partial charge is 0.260 e. The molecule has 1 aliphatic rings. The summed E-state index contributed by atoms with van der Waals surface area (Å²) in [7, 11) is 0. The van der Waals surface area contributed by atoms with Crippen molar-refractivity contribution >= 4 is 11.4 Å². The van der Waals surface area contributed by atoms with Crippen molar-refractivity contribution in [1.82, 2.24) is 4.98 Å². The monoisotopic (exact) mass is 294 g/mol. The molecule has 0 amide bonds. The van der Waals surface area contributed by atoms with Gasteiger partial charge in [-0.25, -0.2) is 0 Å². The highest BCUT2D eigenvalue weighted by Gasteiger charge is 2.11. The molecule has 0 saturated carbocycles. The standard InChI is InChI=1S/C18H20N2.C2H6/c1-12(2)17-8-7-16(11-19-17)14-6-9-18-15(10-14)5-4-13(3)20-18;1-2/h6-12H,4-5H2,1-3H3;1-2H3. The third kappa shape index (κ3) is 3.62. The maximum Gasteiger partial charge on any atom is 0.0661 e. The predicted octanol–water partition coefficient (Wildman–Crippen LogP) is 5.94. The third-order valence-electron chi connectivity index (χ3n) is 3.86. The molecule has 0 aliphatic carbocycles. The fraction of sp³-hybridized carbons (Fsp3) is 0.400. The van der Waals surface area contributed by atoms with Crippen molar-refractivity contribution in [2.24, 2.45) is 4.99 Å². The molecule has 1 aromatic carbocycles. The molecule has 3 rings (SSSR count). The molecule has 116 valence electrons. The maximum atomic E-state index is 4.62. The molecule has 0 atom stereocenters. The summed E-state index contributed by atoms with van der Waals surface area (Å²) in [6.45, 7) is 10.4. The number of aliphatic imine (C=N–C) groups is 1. The van der Waals surface area contributed by atoms with E-state index >= 15 is 0 Å². The fourth-order valence-electron chi connectivity index (χ4n) is 2.57. The summed E-state index contributed by atoms with van der Waals surface area (Å²) in [6, 6.07) is 10.8. The van der Waals surface area contributed by atoms with Crippen LogP contribution in [0.1, 0.15) is 58.2 Å². The summed E-state index contributed by atoms with van der Waals surface area (Å²) >= 11 is 0. The van der Waals surface area contributed by atoms with Gasteiger partial charge in [-0.05, 0) is 55.0 Å². The van der Waals surface area contributed by atoms with Gasteiger partial charge in [0.05, 0.1) is 5.69 Å². The number of pyridine rings is 1. The van der Waals surface area contributed by atoms with Gasteiger partial charge in [-0.3, -0.25) is 9.98 Å². The lowest BCUT2D eigenvalue weighted by Gasteiger charge is -2.14. The summed E-state index contributed by atoms with van der Waals surface area (Å²) in [5, 5.41) is 0. The van der Waals surface area contributed by atoms with Crippen molar-refractivity contribution in [2.75, 3.05) is 0 Å². The summed E-state index contributed by atoms with van der Waals surface area (Å²) in [4.78, 5) is 9.17. The van der Waals surface area contributed by atoms with Crippen LogP contribution >= 0.6 is 0 Å². The van der Waals surface area contributed by atoms with Crippen LogP contribution in [0.15, 0.2) is 41.5 Å². The van der Waals surface area contributed by atoms with E-state index in [1.54, 1.807) is 0 Å². The number of fused-ring (bicyclic) bond motifs is 1. The van der Waals surface area contributed by atoms with Gasteiger partial charge in [-0.1, -0.05) is 39.8 Å².